The van der Waals surface area contributed by atoms with Crippen LogP contribution in [0.15, 0.2) is 18.2 Å². The van der Waals surface area contributed by atoms with Crippen LogP contribution in [0.5, 0.6) is 0 Å². The molecule has 1 aromatic carbocycles. The molecule has 0 aliphatic carbocycles. The van der Waals surface area contributed by atoms with Gasteiger partial charge in [-0.25, -0.2) is 8.78 Å². The Morgan fingerprint density at radius 1 is 1.33 bits per heavy atom. The molecule has 2 saturated heterocycles. The minimum atomic E-state index is -0.613. The predicted octanol–water partition coefficient (Wildman–Crippen LogP) is 1.32. The van der Waals surface area contributed by atoms with Gasteiger partial charge >= 0.3 is 0 Å². The molecule has 2 N–H and O–H groups in total. The summed E-state index contributed by atoms with van der Waals surface area (Å²) < 4.78 is 26.6. The van der Waals surface area contributed by atoms with Gasteiger partial charge in [0, 0.05) is 30.8 Å². The highest BCUT2D eigenvalue weighted by atomic mass is 19.1. The third kappa shape index (κ3) is 3.26. The van der Waals surface area contributed by atoms with Crippen molar-refractivity contribution in [1.29, 1.82) is 0 Å². The molecule has 2 aliphatic heterocycles. The van der Waals surface area contributed by atoms with Crippen LogP contribution in [0.4, 0.5) is 8.78 Å². The fourth-order valence-electron chi connectivity index (χ4n) is 3.41. The van der Waals surface area contributed by atoms with Gasteiger partial charge in [0.1, 0.15) is 23.7 Å². The van der Waals surface area contributed by atoms with Crippen molar-refractivity contribution in [2.24, 2.45) is 0 Å². The molecule has 130 valence electrons. The first-order valence-corrected chi connectivity index (χ1v) is 8.27. The Morgan fingerprint density at radius 3 is 2.83 bits per heavy atom. The number of carbonyl (C=O) groups is 2. The Balaban J connectivity index is 1.62. The molecular weight excluding hydrogens is 316 g/mol. The van der Waals surface area contributed by atoms with E-state index < -0.39 is 23.7 Å². The van der Waals surface area contributed by atoms with Crippen LogP contribution < -0.4 is 10.6 Å². The minimum Gasteiger partial charge on any atom is -0.343 e. The van der Waals surface area contributed by atoms with Crippen molar-refractivity contribution >= 4 is 11.8 Å². The highest BCUT2D eigenvalue weighted by Gasteiger charge is 2.45. The maximum Gasteiger partial charge on any atom is 0.245 e. The molecule has 5 nitrogen and oxygen atoms in total. The van der Waals surface area contributed by atoms with E-state index in [1.165, 1.54) is 12.1 Å². The second-order valence-electron chi connectivity index (χ2n) is 6.41. The van der Waals surface area contributed by atoms with Gasteiger partial charge in [-0.1, -0.05) is 19.4 Å². The molecule has 7 heteroatoms. The number of nitrogens with zero attached hydrogens (tertiary/aromatic N) is 1. The van der Waals surface area contributed by atoms with E-state index in [4.69, 9.17) is 0 Å². The van der Waals surface area contributed by atoms with Crippen molar-refractivity contribution in [3.05, 3.63) is 35.4 Å². The molecule has 2 amide bonds. The molecule has 0 bridgehead atoms. The zero-order valence-electron chi connectivity index (χ0n) is 13.5. The maximum atomic E-state index is 13.7. The summed E-state index contributed by atoms with van der Waals surface area (Å²) in [6, 6.07) is 2.48. The van der Waals surface area contributed by atoms with Crippen LogP contribution in [0.1, 0.15) is 31.7 Å². The van der Waals surface area contributed by atoms with Crippen molar-refractivity contribution in [2.45, 2.75) is 50.9 Å². The standard InChI is InChI=1S/C17H21F2N3O2/c1-2-3-14-17(24)22-9-12(7-15(22)16(23)21-14)20-8-10-4-5-11(18)6-13(10)19/h4-6,12,14-15,20H,2-3,7-9H2,1H3,(H,21,23)/t12-,14-,15-/m0/s1. The number of fused-ring (bicyclic) bond motifs is 1. The minimum absolute atomic E-state index is 0.0429. The summed E-state index contributed by atoms with van der Waals surface area (Å²) in [4.78, 5) is 26.2. The van der Waals surface area contributed by atoms with Crippen molar-refractivity contribution in [1.82, 2.24) is 15.5 Å². The third-order valence-corrected chi connectivity index (χ3v) is 4.68. The van der Waals surface area contributed by atoms with Crippen LogP contribution in [0.2, 0.25) is 0 Å². The van der Waals surface area contributed by atoms with E-state index in [0.717, 1.165) is 12.5 Å². The normalized spacial score (nSPS) is 26.5. The fourth-order valence-corrected chi connectivity index (χ4v) is 3.41. The average molecular weight is 337 g/mol. The van der Waals surface area contributed by atoms with Gasteiger partial charge in [0.15, 0.2) is 0 Å². The van der Waals surface area contributed by atoms with Gasteiger partial charge in [0.2, 0.25) is 11.8 Å². The lowest BCUT2D eigenvalue weighted by Crippen LogP contribution is -2.61. The van der Waals surface area contributed by atoms with Gasteiger partial charge in [-0.2, -0.15) is 0 Å². The molecule has 0 radical (unpaired) electrons. The van der Waals surface area contributed by atoms with E-state index >= 15 is 0 Å². The van der Waals surface area contributed by atoms with Crippen LogP contribution in [-0.2, 0) is 16.1 Å². The molecule has 0 spiro atoms. The molecule has 0 saturated carbocycles. The van der Waals surface area contributed by atoms with Crippen molar-refractivity contribution in [2.75, 3.05) is 6.54 Å². The smallest absolute Gasteiger partial charge is 0.245 e. The summed E-state index contributed by atoms with van der Waals surface area (Å²) in [5.41, 5.74) is 0.362. The number of hydrogen-bond acceptors (Lipinski definition) is 3. The number of amides is 2. The van der Waals surface area contributed by atoms with E-state index in [1.807, 2.05) is 6.92 Å². The van der Waals surface area contributed by atoms with Gasteiger partial charge in [-0.15, -0.1) is 0 Å². The summed E-state index contributed by atoms with van der Waals surface area (Å²) in [6.45, 7) is 2.63. The number of hydrogen-bond donors (Lipinski definition) is 2. The fraction of sp³-hybridized carbons (Fsp3) is 0.529. The maximum absolute atomic E-state index is 13.7. The van der Waals surface area contributed by atoms with Crippen molar-refractivity contribution in [3.63, 3.8) is 0 Å². The van der Waals surface area contributed by atoms with Crippen LogP contribution >= 0.6 is 0 Å². The van der Waals surface area contributed by atoms with Gasteiger partial charge in [-0.3, -0.25) is 9.59 Å². The molecule has 0 unspecified atom stereocenters. The van der Waals surface area contributed by atoms with Gasteiger partial charge in [0.25, 0.3) is 0 Å². The molecular formula is C17H21F2N3O2. The summed E-state index contributed by atoms with van der Waals surface area (Å²) in [5, 5.41) is 5.95. The largest absolute Gasteiger partial charge is 0.343 e. The zero-order valence-corrected chi connectivity index (χ0v) is 13.5. The first-order valence-electron chi connectivity index (χ1n) is 8.27. The first kappa shape index (κ1) is 16.8. The number of halogens is 2. The van der Waals surface area contributed by atoms with Crippen LogP contribution in [0.3, 0.4) is 0 Å². The number of benzene rings is 1. The lowest BCUT2D eigenvalue weighted by molar-refractivity contribution is -0.147. The Labute approximate surface area is 139 Å². The van der Waals surface area contributed by atoms with Crippen LogP contribution in [-0.4, -0.2) is 41.4 Å². The monoisotopic (exact) mass is 337 g/mol. The number of carbonyl (C=O) groups excluding carboxylic acids is 2. The summed E-state index contributed by atoms with van der Waals surface area (Å²) in [6.07, 6.45) is 1.95. The molecule has 3 rings (SSSR count). The summed E-state index contributed by atoms with van der Waals surface area (Å²) in [7, 11) is 0. The molecule has 2 aliphatic rings. The quantitative estimate of drug-likeness (QED) is 0.852. The lowest BCUT2D eigenvalue weighted by atomic mass is 10.0. The van der Waals surface area contributed by atoms with E-state index in [2.05, 4.69) is 10.6 Å². The molecule has 2 heterocycles. The third-order valence-electron chi connectivity index (χ3n) is 4.68. The van der Waals surface area contributed by atoms with Crippen LogP contribution in [0.25, 0.3) is 0 Å². The Hall–Kier alpha value is -2.02. The number of nitrogens with one attached hydrogen (secondary N) is 2. The van der Waals surface area contributed by atoms with E-state index in [0.29, 0.717) is 24.9 Å². The first-order chi connectivity index (χ1) is 11.5. The highest BCUT2D eigenvalue weighted by Crippen LogP contribution is 2.24. The Morgan fingerprint density at radius 2 is 2.12 bits per heavy atom. The predicted molar refractivity (Wildman–Crippen MR) is 83.9 cm³/mol. The van der Waals surface area contributed by atoms with Gasteiger partial charge < -0.3 is 15.5 Å². The average Bonchev–Trinajstić information content (AvgIpc) is 2.97. The zero-order chi connectivity index (χ0) is 17.3. The SMILES string of the molecule is CCC[C@@H]1NC(=O)[C@@H]2C[C@H](NCc3ccc(F)cc3F)CN2C1=O. The van der Waals surface area contributed by atoms with Crippen LogP contribution in [0, 0.1) is 11.6 Å². The topological polar surface area (TPSA) is 61.4 Å². The lowest BCUT2D eigenvalue weighted by Gasteiger charge is -2.34. The van der Waals surface area contributed by atoms with Crippen molar-refractivity contribution in [3.8, 4) is 0 Å². The summed E-state index contributed by atoms with van der Waals surface area (Å²) in [5.74, 6) is -1.38. The van der Waals surface area contributed by atoms with Gasteiger partial charge in [0.05, 0.1) is 0 Å². The van der Waals surface area contributed by atoms with E-state index in [-0.39, 0.29) is 24.4 Å². The highest BCUT2D eigenvalue weighted by molar-refractivity contribution is 5.97. The Kier molecular flexibility index (Phi) is 4.80. The van der Waals surface area contributed by atoms with Gasteiger partial charge in [-0.05, 0) is 18.9 Å². The molecule has 3 atom stereocenters. The Bertz CT molecular complexity index is 653. The number of piperazine rings is 1. The molecule has 0 aromatic heterocycles. The van der Waals surface area contributed by atoms with Crippen molar-refractivity contribution < 1.29 is 18.4 Å². The molecule has 2 fully saturated rings. The second kappa shape index (κ2) is 6.84. The van der Waals surface area contributed by atoms with E-state index in [1.54, 1.807) is 4.90 Å². The molecule has 1 aromatic rings. The second-order valence-corrected chi connectivity index (χ2v) is 6.41. The molecule has 24 heavy (non-hydrogen) atoms. The van der Waals surface area contributed by atoms with E-state index in [9.17, 15) is 18.4 Å². The summed E-state index contributed by atoms with van der Waals surface area (Å²) >= 11 is 0. The number of rotatable bonds is 5.